The van der Waals surface area contributed by atoms with Crippen LogP contribution in [0.4, 0.5) is 8.78 Å². The molecule has 2 heteroatoms. The Hall–Kier alpha value is -0.920. The number of rotatable bonds is 2. The summed E-state index contributed by atoms with van der Waals surface area (Å²) in [7, 11) is 0. The van der Waals surface area contributed by atoms with Crippen LogP contribution in [0.3, 0.4) is 0 Å². The predicted octanol–water partition coefficient (Wildman–Crippen LogP) is 4.03. The van der Waals surface area contributed by atoms with Crippen molar-refractivity contribution in [3.05, 3.63) is 34.9 Å². The largest absolute Gasteiger partial charge is 0.204 e. The first-order valence-electron chi connectivity index (χ1n) is 4.89. The van der Waals surface area contributed by atoms with Gasteiger partial charge in [0.25, 0.3) is 0 Å². The fourth-order valence-corrected chi connectivity index (χ4v) is 1.52. The van der Waals surface area contributed by atoms with Crippen molar-refractivity contribution in [1.29, 1.82) is 0 Å². The summed E-state index contributed by atoms with van der Waals surface area (Å²) in [6.45, 7) is 7.81. The molecule has 1 aromatic carbocycles. The van der Waals surface area contributed by atoms with E-state index in [9.17, 15) is 8.78 Å². The molecule has 0 nitrogen and oxygen atoms in total. The highest BCUT2D eigenvalue weighted by Crippen LogP contribution is 2.28. The van der Waals surface area contributed by atoms with E-state index in [4.69, 9.17) is 0 Å². The van der Waals surface area contributed by atoms with Crippen LogP contribution in [0.1, 0.15) is 37.8 Å². The predicted molar refractivity (Wildman–Crippen MR) is 54.3 cm³/mol. The molecular formula is C12H16F2. The van der Waals surface area contributed by atoms with Crippen LogP contribution in [-0.2, 0) is 0 Å². The Morgan fingerprint density at radius 1 is 1.07 bits per heavy atom. The van der Waals surface area contributed by atoms with Gasteiger partial charge < -0.3 is 0 Å². The monoisotopic (exact) mass is 198 g/mol. The zero-order chi connectivity index (χ0) is 10.9. The number of benzene rings is 1. The summed E-state index contributed by atoms with van der Waals surface area (Å²) in [5.74, 6) is -0.791. The van der Waals surface area contributed by atoms with Gasteiger partial charge in [0.2, 0.25) is 0 Å². The van der Waals surface area contributed by atoms with Gasteiger partial charge in [-0.1, -0.05) is 26.8 Å². The fraction of sp³-hybridized carbons (Fsp3) is 0.500. The first kappa shape index (κ1) is 11.2. The van der Waals surface area contributed by atoms with E-state index in [1.165, 1.54) is 6.07 Å². The van der Waals surface area contributed by atoms with Gasteiger partial charge in [-0.2, -0.15) is 0 Å². The van der Waals surface area contributed by atoms with E-state index in [-0.39, 0.29) is 5.92 Å². The summed E-state index contributed by atoms with van der Waals surface area (Å²) in [5.41, 5.74) is 1.34. The summed E-state index contributed by atoms with van der Waals surface area (Å²) < 4.78 is 26.1. The third kappa shape index (κ3) is 1.94. The standard InChI is InChI=1S/C12H16F2/c1-7(2)8(3)10-5-6-11(13)12(14)9(10)4/h5-8H,1-4H3. The maximum Gasteiger partial charge on any atom is 0.162 e. The quantitative estimate of drug-likeness (QED) is 0.673. The second kappa shape index (κ2) is 4.07. The minimum atomic E-state index is -0.762. The lowest BCUT2D eigenvalue weighted by Crippen LogP contribution is -2.06. The molecule has 0 amide bonds. The van der Waals surface area contributed by atoms with Crippen LogP contribution in [0.2, 0.25) is 0 Å². The Kier molecular flexibility index (Phi) is 3.25. The molecule has 0 aromatic heterocycles. The summed E-state index contributed by atoms with van der Waals surface area (Å²) >= 11 is 0. The Balaban J connectivity index is 3.17. The molecule has 1 unspecified atom stereocenters. The molecule has 0 saturated carbocycles. The normalized spacial score (nSPS) is 13.4. The fourth-order valence-electron chi connectivity index (χ4n) is 1.52. The molecule has 14 heavy (non-hydrogen) atoms. The zero-order valence-electron chi connectivity index (χ0n) is 9.07. The summed E-state index contributed by atoms with van der Waals surface area (Å²) in [6, 6.07) is 2.88. The van der Waals surface area contributed by atoms with Gasteiger partial charge >= 0.3 is 0 Å². The molecule has 1 atom stereocenters. The molecular weight excluding hydrogens is 182 g/mol. The highest BCUT2D eigenvalue weighted by Gasteiger charge is 2.16. The molecule has 0 bridgehead atoms. The van der Waals surface area contributed by atoms with Crippen LogP contribution in [-0.4, -0.2) is 0 Å². The first-order chi connectivity index (χ1) is 6.45. The van der Waals surface area contributed by atoms with Gasteiger partial charge in [0.1, 0.15) is 0 Å². The Morgan fingerprint density at radius 2 is 1.64 bits per heavy atom. The summed E-state index contributed by atoms with van der Waals surface area (Å²) in [6.07, 6.45) is 0. The molecule has 0 aliphatic rings. The van der Waals surface area contributed by atoms with E-state index in [1.807, 2.05) is 6.92 Å². The molecule has 0 aliphatic heterocycles. The van der Waals surface area contributed by atoms with Crippen molar-refractivity contribution in [1.82, 2.24) is 0 Å². The van der Waals surface area contributed by atoms with Crippen LogP contribution in [0.5, 0.6) is 0 Å². The highest BCUT2D eigenvalue weighted by atomic mass is 19.2. The van der Waals surface area contributed by atoms with E-state index < -0.39 is 11.6 Å². The molecule has 0 radical (unpaired) electrons. The topological polar surface area (TPSA) is 0 Å². The van der Waals surface area contributed by atoms with Gasteiger partial charge in [0.15, 0.2) is 11.6 Å². The number of halogens is 2. The minimum absolute atomic E-state index is 0.255. The van der Waals surface area contributed by atoms with Crippen LogP contribution in [0.25, 0.3) is 0 Å². The zero-order valence-corrected chi connectivity index (χ0v) is 9.07. The lowest BCUT2D eigenvalue weighted by Gasteiger charge is -2.18. The molecule has 0 N–H and O–H groups in total. The molecule has 0 aliphatic carbocycles. The number of hydrogen-bond acceptors (Lipinski definition) is 0. The smallest absolute Gasteiger partial charge is 0.162 e. The van der Waals surface area contributed by atoms with E-state index in [0.717, 1.165) is 5.56 Å². The van der Waals surface area contributed by atoms with Gasteiger partial charge in [-0.3, -0.25) is 0 Å². The molecule has 0 heterocycles. The van der Waals surface area contributed by atoms with Crippen LogP contribution in [0.15, 0.2) is 12.1 Å². The third-order valence-corrected chi connectivity index (χ3v) is 2.87. The van der Waals surface area contributed by atoms with Crippen LogP contribution in [0, 0.1) is 24.5 Å². The van der Waals surface area contributed by atoms with Crippen molar-refractivity contribution >= 4 is 0 Å². The van der Waals surface area contributed by atoms with Gasteiger partial charge in [0.05, 0.1) is 0 Å². The molecule has 0 saturated heterocycles. The van der Waals surface area contributed by atoms with Crippen molar-refractivity contribution < 1.29 is 8.78 Å². The van der Waals surface area contributed by atoms with Crippen molar-refractivity contribution in [3.8, 4) is 0 Å². The lowest BCUT2D eigenvalue weighted by atomic mass is 9.87. The minimum Gasteiger partial charge on any atom is -0.204 e. The van der Waals surface area contributed by atoms with E-state index in [1.54, 1.807) is 13.0 Å². The van der Waals surface area contributed by atoms with Crippen molar-refractivity contribution in [2.24, 2.45) is 5.92 Å². The molecule has 0 fully saturated rings. The van der Waals surface area contributed by atoms with Crippen LogP contribution >= 0.6 is 0 Å². The molecule has 1 rings (SSSR count). The number of hydrogen-bond donors (Lipinski definition) is 0. The third-order valence-electron chi connectivity index (χ3n) is 2.87. The van der Waals surface area contributed by atoms with Gasteiger partial charge in [-0.05, 0) is 36.0 Å². The highest BCUT2D eigenvalue weighted by molar-refractivity contribution is 5.31. The second-order valence-electron chi connectivity index (χ2n) is 4.11. The Bertz CT molecular complexity index is 329. The maximum absolute atomic E-state index is 13.2. The molecule has 78 valence electrons. The van der Waals surface area contributed by atoms with Crippen molar-refractivity contribution in [2.75, 3.05) is 0 Å². The lowest BCUT2D eigenvalue weighted by molar-refractivity contribution is 0.488. The van der Waals surface area contributed by atoms with E-state index in [0.29, 0.717) is 11.5 Å². The summed E-state index contributed by atoms with van der Waals surface area (Å²) in [4.78, 5) is 0. The summed E-state index contributed by atoms with van der Waals surface area (Å²) in [5, 5.41) is 0. The van der Waals surface area contributed by atoms with Gasteiger partial charge in [-0.25, -0.2) is 8.78 Å². The van der Waals surface area contributed by atoms with Crippen molar-refractivity contribution in [3.63, 3.8) is 0 Å². The Labute approximate surface area is 84.0 Å². The average molecular weight is 198 g/mol. The second-order valence-corrected chi connectivity index (χ2v) is 4.11. The molecule has 0 spiro atoms. The first-order valence-corrected chi connectivity index (χ1v) is 4.89. The SMILES string of the molecule is Cc1c(C(C)C(C)C)ccc(F)c1F. The average Bonchev–Trinajstić information content (AvgIpc) is 2.13. The van der Waals surface area contributed by atoms with Gasteiger partial charge in [0, 0.05) is 0 Å². The maximum atomic E-state index is 13.2. The molecule has 1 aromatic rings. The van der Waals surface area contributed by atoms with Crippen LogP contribution < -0.4 is 0 Å². The van der Waals surface area contributed by atoms with E-state index >= 15 is 0 Å². The van der Waals surface area contributed by atoms with Gasteiger partial charge in [-0.15, -0.1) is 0 Å². The van der Waals surface area contributed by atoms with Crippen molar-refractivity contribution in [2.45, 2.75) is 33.6 Å². The Morgan fingerprint density at radius 3 is 2.14 bits per heavy atom. The van der Waals surface area contributed by atoms with E-state index in [2.05, 4.69) is 13.8 Å².